The first-order valence-corrected chi connectivity index (χ1v) is 9.56. The number of carbonyl (C=O) groups is 2. The molecule has 2 aliphatic rings. The van der Waals surface area contributed by atoms with Gasteiger partial charge < -0.3 is 19.5 Å². The number of hydrogen-bond acceptors (Lipinski definition) is 5. The molecule has 0 saturated heterocycles. The summed E-state index contributed by atoms with van der Waals surface area (Å²) < 4.78 is 16.3. The highest BCUT2D eigenvalue weighted by atomic mass is 16.7. The Morgan fingerprint density at radius 2 is 1.93 bits per heavy atom. The fourth-order valence-electron chi connectivity index (χ4n) is 3.77. The maximum absolute atomic E-state index is 12.6. The Hall–Kier alpha value is -2.50. The number of hydrogen-bond donors (Lipinski definition) is 1. The van der Waals surface area contributed by atoms with Gasteiger partial charge in [-0.1, -0.05) is 43.0 Å². The largest absolute Gasteiger partial charge is 0.513 e. The Morgan fingerprint density at radius 1 is 1.19 bits per heavy atom. The van der Waals surface area contributed by atoms with Crippen LogP contribution in [0.5, 0.6) is 0 Å². The molecule has 1 aliphatic carbocycles. The number of ether oxygens (including phenoxy) is 3. The standard InChI is InChI=1S/C21H27NO5/c1-4-25-20(24)27-18-17(19(23)22-21(18)10-6-5-7-11-21)26-13-16-12-14(2)8-9-15(16)3/h8-9,12H,4-7,10-11,13H2,1-3H3,(H,22,23). The first-order chi connectivity index (χ1) is 12.9. The predicted molar refractivity (Wildman–Crippen MR) is 99.8 cm³/mol. The maximum atomic E-state index is 12.6. The van der Waals surface area contributed by atoms with Crippen molar-refractivity contribution in [1.82, 2.24) is 5.32 Å². The van der Waals surface area contributed by atoms with Crippen LogP contribution in [0.4, 0.5) is 4.79 Å². The smallest absolute Gasteiger partial charge is 0.480 e. The van der Waals surface area contributed by atoms with Crippen LogP contribution in [-0.4, -0.2) is 24.2 Å². The number of nitrogens with one attached hydrogen (secondary N) is 1. The van der Waals surface area contributed by atoms with E-state index in [9.17, 15) is 9.59 Å². The van der Waals surface area contributed by atoms with Gasteiger partial charge in [0.15, 0.2) is 5.76 Å². The first-order valence-electron chi connectivity index (χ1n) is 9.56. The summed E-state index contributed by atoms with van der Waals surface area (Å²) in [6.07, 6.45) is 3.67. The highest BCUT2D eigenvalue weighted by Gasteiger charge is 2.49. The normalized spacial score (nSPS) is 18.4. The van der Waals surface area contributed by atoms with Crippen molar-refractivity contribution < 1.29 is 23.8 Å². The van der Waals surface area contributed by atoms with Gasteiger partial charge in [0.2, 0.25) is 5.76 Å². The van der Waals surface area contributed by atoms with Crippen molar-refractivity contribution in [2.75, 3.05) is 6.61 Å². The topological polar surface area (TPSA) is 73.9 Å². The van der Waals surface area contributed by atoms with Crippen LogP contribution in [0.25, 0.3) is 0 Å². The van der Waals surface area contributed by atoms with Crippen LogP contribution in [-0.2, 0) is 25.6 Å². The van der Waals surface area contributed by atoms with Gasteiger partial charge in [0.05, 0.1) is 6.61 Å². The van der Waals surface area contributed by atoms with E-state index in [1.807, 2.05) is 32.0 Å². The number of aryl methyl sites for hydroxylation is 2. The van der Waals surface area contributed by atoms with E-state index in [0.717, 1.165) is 48.8 Å². The van der Waals surface area contributed by atoms with Gasteiger partial charge in [-0.25, -0.2) is 4.79 Å². The van der Waals surface area contributed by atoms with Crippen molar-refractivity contribution in [2.24, 2.45) is 0 Å². The Kier molecular flexibility index (Phi) is 5.73. The van der Waals surface area contributed by atoms with Crippen LogP contribution in [0.15, 0.2) is 29.7 Å². The second kappa shape index (κ2) is 8.03. The van der Waals surface area contributed by atoms with E-state index in [0.29, 0.717) is 0 Å². The van der Waals surface area contributed by atoms with Crippen LogP contribution in [0, 0.1) is 13.8 Å². The van der Waals surface area contributed by atoms with E-state index in [1.165, 1.54) is 0 Å². The summed E-state index contributed by atoms with van der Waals surface area (Å²) in [6, 6.07) is 6.09. The molecule has 1 N–H and O–H groups in total. The van der Waals surface area contributed by atoms with Gasteiger partial charge in [-0.2, -0.15) is 0 Å². The molecule has 146 valence electrons. The van der Waals surface area contributed by atoms with Gasteiger partial charge in [0, 0.05) is 0 Å². The molecule has 6 nitrogen and oxygen atoms in total. The lowest BCUT2D eigenvalue weighted by atomic mass is 9.81. The number of rotatable bonds is 5. The summed E-state index contributed by atoms with van der Waals surface area (Å²) in [5.41, 5.74) is 2.53. The van der Waals surface area contributed by atoms with E-state index in [-0.39, 0.29) is 30.6 Å². The quantitative estimate of drug-likeness (QED) is 0.789. The molecule has 0 radical (unpaired) electrons. The van der Waals surface area contributed by atoms with Crippen molar-refractivity contribution in [3.05, 3.63) is 46.4 Å². The second-order valence-corrected chi connectivity index (χ2v) is 7.26. The van der Waals surface area contributed by atoms with Crippen molar-refractivity contribution in [1.29, 1.82) is 0 Å². The molecule has 1 spiro atoms. The summed E-state index contributed by atoms with van der Waals surface area (Å²) in [5.74, 6) is 0.0309. The van der Waals surface area contributed by atoms with E-state index >= 15 is 0 Å². The molecule has 1 heterocycles. The number of benzene rings is 1. The summed E-state index contributed by atoms with van der Waals surface area (Å²) >= 11 is 0. The van der Waals surface area contributed by atoms with Crippen molar-refractivity contribution in [3.63, 3.8) is 0 Å². The SMILES string of the molecule is CCOC(=O)OC1=C(OCc2cc(C)ccc2C)C(=O)NC12CCCCC2. The minimum absolute atomic E-state index is 0.0888. The highest BCUT2D eigenvalue weighted by Crippen LogP contribution is 2.41. The molecule has 1 aromatic rings. The highest BCUT2D eigenvalue weighted by molar-refractivity contribution is 5.96. The Bertz CT molecular complexity index is 762. The lowest BCUT2D eigenvalue weighted by molar-refractivity contribution is -0.121. The zero-order chi connectivity index (χ0) is 19.4. The minimum Gasteiger partial charge on any atom is -0.480 e. The van der Waals surface area contributed by atoms with Crippen molar-refractivity contribution in [3.8, 4) is 0 Å². The molecule has 6 heteroatoms. The van der Waals surface area contributed by atoms with Gasteiger partial charge in [-0.3, -0.25) is 4.79 Å². The van der Waals surface area contributed by atoms with Crippen LogP contribution >= 0.6 is 0 Å². The van der Waals surface area contributed by atoms with Gasteiger partial charge in [0.1, 0.15) is 12.1 Å². The van der Waals surface area contributed by atoms with Gasteiger partial charge in [-0.05, 0) is 44.7 Å². The van der Waals surface area contributed by atoms with Crippen LogP contribution in [0.2, 0.25) is 0 Å². The Morgan fingerprint density at radius 3 is 2.63 bits per heavy atom. The van der Waals surface area contributed by atoms with Crippen LogP contribution < -0.4 is 5.32 Å². The van der Waals surface area contributed by atoms with E-state index in [4.69, 9.17) is 14.2 Å². The van der Waals surface area contributed by atoms with Gasteiger partial charge >= 0.3 is 6.16 Å². The van der Waals surface area contributed by atoms with Crippen molar-refractivity contribution in [2.45, 2.75) is 65.0 Å². The third kappa shape index (κ3) is 4.10. The van der Waals surface area contributed by atoms with E-state index in [2.05, 4.69) is 5.32 Å². The molecular formula is C21H27NO5. The molecule has 1 amide bonds. The number of carbonyl (C=O) groups excluding carboxylic acids is 2. The predicted octanol–water partition coefficient (Wildman–Crippen LogP) is 4.04. The maximum Gasteiger partial charge on any atom is 0.513 e. The molecule has 1 aromatic carbocycles. The molecule has 1 aliphatic heterocycles. The van der Waals surface area contributed by atoms with Crippen LogP contribution in [0.1, 0.15) is 55.7 Å². The van der Waals surface area contributed by atoms with Gasteiger partial charge in [0.25, 0.3) is 5.91 Å². The molecule has 0 bridgehead atoms. The lowest BCUT2D eigenvalue weighted by Gasteiger charge is -2.34. The molecule has 0 unspecified atom stereocenters. The minimum atomic E-state index is -0.804. The summed E-state index contributed by atoms with van der Waals surface area (Å²) in [7, 11) is 0. The molecule has 1 fully saturated rings. The lowest BCUT2D eigenvalue weighted by Crippen LogP contribution is -2.46. The summed E-state index contributed by atoms with van der Waals surface area (Å²) in [5, 5.41) is 3.01. The zero-order valence-corrected chi connectivity index (χ0v) is 16.2. The summed E-state index contributed by atoms with van der Waals surface area (Å²) in [4.78, 5) is 24.6. The fraction of sp³-hybridized carbons (Fsp3) is 0.524. The zero-order valence-electron chi connectivity index (χ0n) is 16.2. The molecule has 0 atom stereocenters. The molecule has 27 heavy (non-hydrogen) atoms. The van der Waals surface area contributed by atoms with Crippen LogP contribution in [0.3, 0.4) is 0 Å². The molecule has 1 saturated carbocycles. The molecule has 3 rings (SSSR count). The first kappa shape index (κ1) is 19.3. The van der Waals surface area contributed by atoms with Gasteiger partial charge in [-0.15, -0.1) is 0 Å². The third-order valence-electron chi connectivity index (χ3n) is 5.23. The average Bonchev–Trinajstić information content (AvgIpc) is 2.87. The molecular weight excluding hydrogens is 346 g/mol. The van der Waals surface area contributed by atoms with E-state index < -0.39 is 11.7 Å². The van der Waals surface area contributed by atoms with E-state index in [1.54, 1.807) is 6.92 Å². The Balaban J connectivity index is 1.88. The number of amides is 1. The monoisotopic (exact) mass is 373 g/mol. The summed E-state index contributed by atoms with van der Waals surface area (Å²) in [6.45, 7) is 6.17. The van der Waals surface area contributed by atoms with Crippen molar-refractivity contribution >= 4 is 12.1 Å². The molecule has 0 aromatic heterocycles. The third-order valence-corrected chi connectivity index (χ3v) is 5.23. The fourth-order valence-corrected chi connectivity index (χ4v) is 3.77. The average molecular weight is 373 g/mol. The second-order valence-electron chi connectivity index (χ2n) is 7.26. The Labute approximate surface area is 159 Å².